The molecule has 1 saturated heterocycles. The van der Waals surface area contributed by atoms with Crippen LogP contribution in [-0.4, -0.2) is 184 Å². The highest BCUT2D eigenvalue weighted by atomic mass is 16.4. The van der Waals surface area contributed by atoms with Gasteiger partial charge < -0.3 is 66.6 Å². The van der Waals surface area contributed by atoms with Gasteiger partial charge in [-0.2, -0.15) is 0 Å². The number of nitrogens with zero attached hydrogens (tertiary/aromatic N) is 3. The maximum absolute atomic E-state index is 11.5. The molecule has 0 spiro atoms. The predicted molar refractivity (Wildman–Crippen MR) is 233 cm³/mol. The lowest BCUT2D eigenvalue weighted by Crippen LogP contribution is -2.51. The van der Waals surface area contributed by atoms with E-state index in [9.17, 15) is 51.1 Å². The number of aromatic hydroxyl groups is 2. The minimum atomic E-state index is -1.79. The van der Waals surface area contributed by atoms with Crippen LogP contribution in [-0.2, 0) is 32.7 Å². The molecule has 8 unspecified atom stereocenters. The SMILES string of the molecule is Cc1cc(CNCC(O)C(O)C(O)C(O)CO)c(O)c(CN2CCCN(Cc3ccccc3)CCCN(Cc3cc(C)cc(CNC(O)C(O)C(O)C(O)CO)c3O)CCC2)c1. The van der Waals surface area contributed by atoms with Gasteiger partial charge in [-0.1, -0.05) is 65.7 Å². The van der Waals surface area contributed by atoms with Crippen LogP contribution in [0.3, 0.4) is 0 Å². The summed E-state index contributed by atoms with van der Waals surface area (Å²) < 4.78 is 0. The molecule has 0 aromatic heterocycles. The van der Waals surface area contributed by atoms with Crippen LogP contribution in [0.1, 0.15) is 58.2 Å². The molecule has 0 radical (unpaired) electrons. The molecule has 0 aliphatic carbocycles. The molecule has 3 aromatic rings. The van der Waals surface area contributed by atoms with E-state index >= 15 is 0 Å². The summed E-state index contributed by atoms with van der Waals surface area (Å²) in [6, 6.07) is 17.8. The first kappa shape index (κ1) is 51.3. The Bertz CT molecular complexity index is 1760. The number of hydrogen-bond acceptors (Lipinski definition) is 17. The molecule has 0 amide bonds. The van der Waals surface area contributed by atoms with Gasteiger partial charge in [0.15, 0.2) is 0 Å². The van der Waals surface area contributed by atoms with Gasteiger partial charge in [0.2, 0.25) is 0 Å². The van der Waals surface area contributed by atoms with E-state index in [0.29, 0.717) is 29.8 Å². The van der Waals surface area contributed by atoms with E-state index in [2.05, 4.69) is 37.5 Å². The van der Waals surface area contributed by atoms with Gasteiger partial charge in [-0.05, 0) is 77.9 Å². The molecule has 0 saturated carbocycles. The first-order valence-corrected chi connectivity index (χ1v) is 21.6. The highest BCUT2D eigenvalue weighted by Gasteiger charge is 2.31. The van der Waals surface area contributed by atoms with Crippen LogP contribution >= 0.6 is 0 Å². The van der Waals surface area contributed by atoms with Crippen molar-refractivity contribution in [3.63, 3.8) is 0 Å². The van der Waals surface area contributed by atoms with Crippen molar-refractivity contribution in [2.45, 2.75) is 115 Å². The summed E-state index contributed by atoms with van der Waals surface area (Å²) in [5, 5.41) is 127. The minimum absolute atomic E-state index is 0.0423. The van der Waals surface area contributed by atoms with E-state index in [-0.39, 0.29) is 31.1 Å². The number of phenolic OH excluding ortho intramolecular Hbond substituents is 2. The normalized spacial score (nSPS) is 19.4. The molecule has 62 heavy (non-hydrogen) atoms. The summed E-state index contributed by atoms with van der Waals surface area (Å²) in [7, 11) is 0. The third-order valence-corrected chi connectivity index (χ3v) is 11.5. The molecule has 3 aromatic carbocycles. The van der Waals surface area contributed by atoms with Gasteiger partial charge in [-0.3, -0.25) is 20.0 Å². The number of rotatable bonds is 21. The van der Waals surface area contributed by atoms with Crippen LogP contribution < -0.4 is 10.6 Å². The van der Waals surface area contributed by atoms with Crippen LogP contribution in [0, 0.1) is 13.8 Å². The molecule has 0 bridgehead atoms. The third-order valence-electron chi connectivity index (χ3n) is 11.5. The molecule has 8 atom stereocenters. The average molecular weight is 874 g/mol. The summed E-state index contributed by atoms with van der Waals surface area (Å²) in [5.74, 6) is 0.164. The molecule has 17 nitrogen and oxygen atoms in total. The second-order valence-corrected chi connectivity index (χ2v) is 16.7. The Kier molecular flexibility index (Phi) is 21.4. The highest BCUT2D eigenvalue weighted by Crippen LogP contribution is 2.28. The minimum Gasteiger partial charge on any atom is -0.507 e. The predicted octanol–water partition coefficient (Wildman–Crippen LogP) is -1.29. The average Bonchev–Trinajstić information content (AvgIpc) is 3.25. The molecule has 17 heteroatoms. The van der Waals surface area contributed by atoms with Crippen molar-refractivity contribution < 1.29 is 61.3 Å². The summed E-state index contributed by atoms with van der Waals surface area (Å²) in [6.45, 7) is 8.72. The van der Waals surface area contributed by atoms with Crippen molar-refractivity contribution >= 4 is 0 Å². The Hall–Kier alpha value is -3.34. The summed E-state index contributed by atoms with van der Waals surface area (Å²) in [4.78, 5) is 7.12. The van der Waals surface area contributed by atoms with Gasteiger partial charge in [-0.15, -0.1) is 0 Å². The Morgan fingerprint density at radius 1 is 0.516 bits per heavy atom. The van der Waals surface area contributed by atoms with Crippen molar-refractivity contribution in [1.29, 1.82) is 0 Å². The Balaban J connectivity index is 1.48. The van der Waals surface area contributed by atoms with E-state index < -0.39 is 62.2 Å². The van der Waals surface area contributed by atoms with Crippen molar-refractivity contribution in [3.05, 3.63) is 93.5 Å². The lowest BCUT2D eigenvalue weighted by Gasteiger charge is -2.31. The number of phenols is 2. The number of hydrogen-bond donors (Lipinski definition) is 14. The second kappa shape index (κ2) is 25.8. The number of aryl methyl sites for hydroxylation is 2. The molecule has 348 valence electrons. The third kappa shape index (κ3) is 15.7. The molecular weight excluding hydrogens is 803 g/mol. The standard InChI is InChI=1S/C45H71N5O12/c1-29-17-32(21-46-23-36(53)41(58)42(59)37(54)27-51)39(56)34(19-29)25-49-13-6-11-48(24-31-9-4-3-5-10-31)12-7-14-50(16-8-15-49)26-35-20-30(2)18-33(40(35)57)22-47-45(62)44(61)43(60)38(55)28-52/h3-5,9-10,17-20,36-38,41-47,51-62H,6-8,11-16,21-28H2,1-2H3. The van der Waals surface area contributed by atoms with Crippen molar-refractivity contribution in [3.8, 4) is 11.5 Å². The van der Waals surface area contributed by atoms with Crippen LogP contribution in [0.4, 0.5) is 0 Å². The Morgan fingerprint density at radius 3 is 1.39 bits per heavy atom. The van der Waals surface area contributed by atoms with Gasteiger partial charge >= 0.3 is 0 Å². The number of nitrogens with one attached hydrogen (secondary N) is 2. The van der Waals surface area contributed by atoms with E-state index in [1.165, 1.54) is 5.56 Å². The van der Waals surface area contributed by atoms with Gasteiger partial charge in [0.05, 0.1) is 19.3 Å². The Morgan fingerprint density at radius 2 is 0.919 bits per heavy atom. The molecule has 1 aliphatic heterocycles. The zero-order chi connectivity index (χ0) is 45.3. The molecule has 14 N–H and O–H groups in total. The maximum Gasteiger partial charge on any atom is 0.134 e. The largest absolute Gasteiger partial charge is 0.507 e. The van der Waals surface area contributed by atoms with E-state index in [4.69, 9.17) is 10.2 Å². The fraction of sp³-hybridized carbons (Fsp3) is 0.600. The maximum atomic E-state index is 11.5. The van der Waals surface area contributed by atoms with Crippen LogP contribution in [0.25, 0.3) is 0 Å². The van der Waals surface area contributed by atoms with E-state index in [1.807, 2.05) is 50.2 Å². The lowest BCUT2D eigenvalue weighted by atomic mass is 10.0. The topological polar surface area (TPSA) is 277 Å². The van der Waals surface area contributed by atoms with Crippen LogP contribution in [0.2, 0.25) is 0 Å². The molecule has 1 aliphatic rings. The Labute approximate surface area is 364 Å². The fourth-order valence-electron chi connectivity index (χ4n) is 7.96. The van der Waals surface area contributed by atoms with E-state index in [1.54, 1.807) is 6.07 Å². The molecular formula is C45H71N5O12. The number of aliphatic hydroxyl groups is 10. The lowest BCUT2D eigenvalue weighted by molar-refractivity contribution is -0.122. The van der Waals surface area contributed by atoms with Gasteiger partial charge in [0.25, 0.3) is 0 Å². The van der Waals surface area contributed by atoms with Crippen LogP contribution in [0.5, 0.6) is 11.5 Å². The summed E-state index contributed by atoms with van der Waals surface area (Å²) in [5.41, 5.74) is 5.57. The van der Waals surface area contributed by atoms with Gasteiger partial charge in [-0.25, -0.2) is 0 Å². The van der Waals surface area contributed by atoms with Gasteiger partial charge in [0, 0.05) is 61.5 Å². The zero-order valence-corrected chi connectivity index (χ0v) is 36.0. The first-order chi connectivity index (χ1) is 29.6. The number of aliphatic hydroxyl groups excluding tert-OH is 10. The molecule has 1 heterocycles. The monoisotopic (exact) mass is 874 g/mol. The van der Waals surface area contributed by atoms with Crippen molar-refractivity contribution in [1.82, 2.24) is 25.3 Å². The second-order valence-electron chi connectivity index (χ2n) is 16.7. The summed E-state index contributed by atoms with van der Waals surface area (Å²) >= 11 is 0. The summed E-state index contributed by atoms with van der Waals surface area (Å²) in [6.07, 6.45) is -10.7. The number of benzene rings is 3. The highest BCUT2D eigenvalue weighted by molar-refractivity contribution is 5.44. The molecule has 4 rings (SSSR count). The fourth-order valence-corrected chi connectivity index (χ4v) is 7.96. The van der Waals surface area contributed by atoms with Crippen LogP contribution in [0.15, 0.2) is 54.6 Å². The molecule has 1 fully saturated rings. The smallest absolute Gasteiger partial charge is 0.134 e. The van der Waals surface area contributed by atoms with Crippen molar-refractivity contribution in [2.24, 2.45) is 0 Å². The quantitative estimate of drug-likeness (QED) is 0.0555. The zero-order valence-electron chi connectivity index (χ0n) is 36.0. The van der Waals surface area contributed by atoms with E-state index in [0.717, 1.165) is 81.8 Å². The van der Waals surface area contributed by atoms with Gasteiger partial charge in [0.1, 0.15) is 54.4 Å². The van der Waals surface area contributed by atoms with Crippen molar-refractivity contribution in [2.75, 3.05) is 59.0 Å². The first-order valence-electron chi connectivity index (χ1n) is 21.6.